The minimum absolute atomic E-state index is 0.106. The Labute approximate surface area is 167 Å². The van der Waals surface area contributed by atoms with Gasteiger partial charge in [-0.15, -0.1) is 0 Å². The first-order valence-corrected chi connectivity index (χ1v) is 9.43. The van der Waals surface area contributed by atoms with Crippen molar-refractivity contribution in [3.8, 4) is 11.1 Å². The molecule has 1 saturated heterocycles. The molecule has 2 heterocycles. The number of halogens is 3. The maximum Gasteiger partial charge on any atom is 0.418 e. The van der Waals surface area contributed by atoms with Gasteiger partial charge in [0.25, 0.3) is 0 Å². The molecule has 0 atom stereocenters. The second-order valence-corrected chi connectivity index (χ2v) is 8.21. The van der Waals surface area contributed by atoms with E-state index in [1.807, 2.05) is 20.8 Å². The molecule has 1 fully saturated rings. The Balaban J connectivity index is 1.66. The molecular formula is C20H25F3N4O2. The van der Waals surface area contributed by atoms with Gasteiger partial charge in [-0.25, -0.2) is 4.79 Å². The molecule has 1 aromatic carbocycles. The van der Waals surface area contributed by atoms with E-state index in [4.69, 9.17) is 10.5 Å². The standard InChI is InChI=1S/C20H25F3N4O2/c1-19(2,3)29-18(28)26-8-6-15(7-9-26)27-12-14(11-25-27)13-4-5-16(17(24)10-13)20(21,22)23/h4-5,10-12,15H,6-9,24H2,1-3H3. The van der Waals surface area contributed by atoms with Crippen LogP contribution in [0.3, 0.4) is 0 Å². The van der Waals surface area contributed by atoms with Crippen LogP contribution in [-0.4, -0.2) is 39.5 Å². The van der Waals surface area contributed by atoms with Crippen LogP contribution in [0.15, 0.2) is 30.6 Å². The Morgan fingerprint density at radius 2 is 1.83 bits per heavy atom. The Bertz CT molecular complexity index is 879. The third-order valence-corrected chi connectivity index (χ3v) is 4.78. The van der Waals surface area contributed by atoms with E-state index in [-0.39, 0.29) is 17.8 Å². The first-order chi connectivity index (χ1) is 13.4. The lowest BCUT2D eigenvalue weighted by Gasteiger charge is -2.33. The summed E-state index contributed by atoms with van der Waals surface area (Å²) in [5.41, 5.74) is 5.17. The largest absolute Gasteiger partial charge is 0.444 e. The SMILES string of the molecule is CC(C)(C)OC(=O)N1CCC(n2cc(-c3ccc(C(F)(F)F)c(N)c3)cn2)CC1. The van der Waals surface area contributed by atoms with Gasteiger partial charge in [-0.2, -0.15) is 18.3 Å². The number of carbonyl (C=O) groups excluding carboxylic acids is 1. The number of alkyl halides is 3. The zero-order chi connectivity index (χ0) is 21.4. The highest BCUT2D eigenvalue weighted by molar-refractivity contribution is 5.69. The first-order valence-electron chi connectivity index (χ1n) is 9.43. The molecular weight excluding hydrogens is 385 g/mol. The first kappa shape index (κ1) is 21.0. The molecule has 1 aliphatic rings. The average molecular weight is 410 g/mol. The van der Waals surface area contributed by atoms with Crippen molar-refractivity contribution in [2.24, 2.45) is 0 Å². The van der Waals surface area contributed by atoms with Gasteiger partial charge in [-0.05, 0) is 51.3 Å². The number of anilines is 1. The Morgan fingerprint density at radius 3 is 2.38 bits per heavy atom. The topological polar surface area (TPSA) is 73.4 Å². The maximum atomic E-state index is 12.9. The van der Waals surface area contributed by atoms with Crippen LogP contribution in [0.25, 0.3) is 11.1 Å². The third kappa shape index (κ3) is 5.02. The normalized spacial score (nSPS) is 16.1. The minimum atomic E-state index is -4.48. The lowest BCUT2D eigenvalue weighted by atomic mass is 10.0. The summed E-state index contributed by atoms with van der Waals surface area (Å²) in [6.07, 6.45) is 0.0511. The highest BCUT2D eigenvalue weighted by atomic mass is 19.4. The number of amides is 1. The molecule has 3 rings (SSSR count). The molecule has 1 aliphatic heterocycles. The van der Waals surface area contributed by atoms with Crippen LogP contribution in [-0.2, 0) is 10.9 Å². The number of rotatable bonds is 2. The van der Waals surface area contributed by atoms with Crippen molar-refractivity contribution in [1.29, 1.82) is 0 Å². The Kier molecular flexibility index (Phi) is 5.51. The lowest BCUT2D eigenvalue weighted by molar-refractivity contribution is -0.136. The predicted molar refractivity (Wildman–Crippen MR) is 103 cm³/mol. The molecule has 158 valence electrons. The number of benzene rings is 1. The van der Waals surface area contributed by atoms with E-state index in [2.05, 4.69) is 5.10 Å². The average Bonchev–Trinajstić information content (AvgIpc) is 3.09. The van der Waals surface area contributed by atoms with E-state index in [9.17, 15) is 18.0 Å². The molecule has 0 radical (unpaired) electrons. The van der Waals surface area contributed by atoms with E-state index in [1.165, 1.54) is 12.1 Å². The van der Waals surface area contributed by atoms with Gasteiger partial charge in [-0.3, -0.25) is 4.68 Å². The highest BCUT2D eigenvalue weighted by Gasteiger charge is 2.33. The molecule has 29 heavy (non-hydrogen) atoms. The van der Waals surface area contributed by atoms with Crippen LogP contribution in [0, 0.1) is 0 Å². The van der Waals surface area contributed by atoms with Crippen molar-refractivity contribution in [2.75, 3.05) is 18.8 Å². The number of nitrogen functional groups attached to an aromatic ring is 1. The van der Waals surface area contributed by atoms with Gasteiger partial charge >= 0.3 is 12.3 Å². The van der Waals surface area contributed by atoms with Crippen molar-refractivity contribution < 1.29 is 22.7 Å². The number of hydrogen-bond acceptors (Lipinski definition) is 4. The quantitative estimate of drug-likeness (QED) is 0.727. The van der Waals surface area contributed by atoms with Crippen LogP contribution < -0.4 is 5.73 Å². The van der Waals surface area contributed by atoms with Crippen LogP contribution in [0.2, 0.25) is 0 Å². The second-order valence-electron chi connectivity index (χ2n) is 8.21. The molecule has 0 saturated carbocycles. The number of nitrogens with zero attached hydrogens (tertiary/aromatic N) is 3. The van der Waals surface area contributed by atoms with Crippen LogP contribution in [0.4, 0.5) is 23.7 Å². The van der Waals surface area contributed by atoms with E-state index in [1.54, 1.807) is 22.0 Å². The van der Waals surface area contributed by atoms with Crippen molar-refractivity contribution in [3.05, 3.63) is 36.2 Å². The molecule has 0 unspecified atom stereocenters. The van der Waals surface area contributed by atoms with Crippen molar-refractivity contribution >= 4 is 11.8 Å². The van der Waals surface area contributed by atoms with Gasteiger partial charge in [0.1, 0.15) is 5.60 Å². The van der Waals surface area contributed by atoms with E-state index in [0.29, 0.717) is 24.2 Å². The minimum Gasteiger partial charge on any atom is -0.444 e. The number of hydrogen-bond donors (Lipinski definition) is 1. The molecule has 6 nitrogen and oxygen atoms in total. The lowest BCUT2D eigenvalue weighted by Crippen LogP contribution is -2.42. The fourth-order valence-corrected chi connectivity index (χ4v) is 3.33. The van der Waals surface area contributed by atoms with E-state index in [0.717, 1.165) is 18.9 Å². The zero-order valence-electron chi connectivity index (χ0n) is 16.7. The summed E-state index contributed by atoms with van der Waals surface area (Å²) < 4.78 is 45.8. The van der Waals surface area contributed by atoms with Gasteiger partial charge in [0, 0.05) is 30.5 Å². The van der Waals surface area contributed by atoms with Gasteiger partial charge < -0.3 is 15.4 Å². The summed E-state index contributed by atoms with van der Waals surface area (Å²) in [7, 11) is 0. The van der Waals surface area contributed by atoms with E-state index < -0.39 is 17.3 Å². The van der Waals surface area contributed by atoms with Crippen molar-refractivity contribution in [2.45, 2.75) is 51.4 Å². The molecule has 9 heteroatoms. The summed E-state index contributed by atoms with van der Waals surface area (Å²) in [6.45, 7) is 6.61. The highest BCUT2D eigenvalue weighted by Crippen LogP contribution is 2.36. The van der Waals surface area contributed by atoms with E-state index >= 15 is 0 Å². The second kappa shape index (κ2) is 7.61. The van der Waals surface area contributed by atoms with Crippen molar-refractivity contribution in [1.82, 2.24) is 14.7 Å². The van der Waals surface area contributed by atoms with Gasteiger partial charge in [0.2, 0.25) is 0 Å². The van der Waals surface area contributed by atoms with Crippen LogP contribution >= 0.6 is 0 Å². The molecule has 0 bridgehead atoms. The van der Waals surface area contributed by atoms with Crippen molar-refractivity contribution in [3.63, 3.8) is 0 Å². The summed E-state index contributed by atoms with van der Waals surface area (Å²) in [6, 6.07) is 3.80. The molecule has 0 spiro atoms. The summed E-state index contributed by atoms with van der Waals surface area (Å²) >= 11 is 0. The number of piperidine rings is 1. The molecule has 2 N–H and O–H groups in total. The number of aromatic nitrogens is 2. The fourth-order valence-electron chi connectivity index (χ4n) is 3.33. The number of carbonyl (C=O) groups is 1. The molecule has 1 amide bonds. The predicted octanol–water partition coefficient (Wildman–Crippen LogP) is 4.72. The molecule has 1 aromatic heterocycles. The third-order valence-electron chi connectivity index (χ3n) is 4.78. The fraction of sp³-hybridized carbons (Fsp3) is 0.500. The van der Waals surface area contributed by atoms with Crippen LogP contribution in [0.5, 0.6) is 0 Å². The summed E-state index contributed by atoms with van der Waals surface area (Å²) in [4.78, 5) is 13.8. The monoisotopic (exact) mass is 410 g/mol. The Morgan fingerprint density at radius 1 is 1.17 bits per heavy atom. The van der Waals surface area contributed by atoms with Gasteiger partial charge in [-0.1, -0.05) is 6.07 Å². The zero-order valence-corrected chi connectivity index (χ0v) is 16.7. The Hall–Kier alpha value is -2.71. The smallest absolute Gasteiger partial charge is 0.418 e. The molecule has 0 aliphatic carbocycles. The maximum absolute atomic E-state index is 12.9. The number of nitrogens with two attached hydrogens (primary N) is 1. The van der Waals surface area contributed by atoms with Gasteiger partial charge in [0.15, 0.2) is 0 Å². The molecule has 2 aromatic rings. The summed E-state index contributed by atoms with van der Waals surface area (Å²) in [5, 5.41) is 4.37. The number of ether oxygens (including phenoxy) is 1. The van der Waals surface area contributed by atoms with Crippen LogP contribution in [0.1, 0.15) is 45.2 Å². The number of likely N-dealkylation sites (tertiary alicyclic amines) is 1. The van der Waals surface area contributed by atoms with Gasteiger partial charge in [0.05, 0.1) is 17.8 Å². The summed E-state index contributed by atoms with van der Waals surface area (Å²) in [5.74, 6) is 0.